The van der Waals surface area contributed by atoms with Crippen molar-refractivity contribution in [1.29, 1.82) is 0 Å². The van der Waals surface area contributed by atoms with Gasteiger partial charge in [-0.25, -0.2) is 4.79 Å². The van der Waals surface area contributed by atoms with E-state index in [1.807, 2.05) is 0 Å². The van der Waals surface area contributed by atoms with Crippen molar-refractivity contribution in [2.24, 2.45) is 20.0 Å². The molecule has 1 N–H and O–H groups in total. The second-order valence-corrected chi connectivity index (χ2v) is 12.5. The molecule has 4 heterocycles. The molecule has 0 fully saturated rings. The zero-order valence-electron chi connectivity index (χ0n) is 26.8. The number of aromatic nitrogens is 2. The summed E-state index contributed by atoms with van der Waals surface area (Å²) < 4.78 is 25.9. The van der Waals surface area contributed by atoms with E-state index in [4.69, 9.17) is 30.2 Å². The van der Waals surface area contributed by atoms with Crippen molar-refractivity contribution in [2.75, 3.05) is 19.5 Å². The lowest BCUT2D eigenvalue weighted by molar-refractivity contribution is -0.130. The predicted molar refractivity (Wildman–Crippen MR) is 175 cm³/mol. The van der Waals surface area contributed by atoms with Crippen molar-refractivity contribution in [3.05, 3.63) is 102 Å². The first-order chi connectivity index (χ1) is 22.8. The highest BCUT2D eigenvalue weighted by molar-refractivity contribution is 6.36. The van der Waals surface area contributed by atoms with E-state index in [1.54, 1.807) is 43.3 Å². The van der Waals surface area contributed by atoms with Crippen LogP contribution in [0.4, 0.5) is 5.82 Å². The van der Waals surface area contributed by atoms with Crippen molar-refractivity contribution in [1.82, 2.24) is 9.13 Å². The molecule has 1 unspecified atom stereocenters. The number of hydrogen-bond donors (Lipinski definition) is 1. The van der Waals surface area contributed by atoms with Gasteiger partial charge in [0.1, 0.15) is 39.4 Å². The molecule has 1 aliphatic carbocycles. The van der Waals surface area contributed by atoms with E-state index in [-0.39, 0.29) is 62.8 Å². The predicted octanol–water partition coefficient (Wildman–Crippen LogP) is 4.65. The smallest absolute Gasteiger partial charge is 0.332 e. The molecule has 0 radical (unpaired) electrons. The average molecular weight is 672 g/mol. The number of nitrogens with zero attached hydrogens (tertiary/aromatic N) is 2. The highest BCUT2D eigenvalue weighted by atomic mass is 35.5. The fraction of sp³-hybridized carbons (Fsp3) is 0.286. The Balaban J connectivity index is 1.43. The number of methoxy groups -OCH3 is 2. The molecule has 3 aliphatic rings. The average Bonchev–Trinajstić information content (AvgIpc) is 3.69. The van der Waals surface area contributed by atoms with E-state index in [0.717, 1.165) is 4.57 Å². The Hall–Kier alpha value is -5.36. The highest BCUT2D eigenvalue weighted by Gasteiger charge is 2.64. The van der Waals surface area contributed by atoms with Crippen LogP contribution in [0.25, 0.3) is 11.3 Å². The molecule has 0 saturated heterocycles. The minimum Gasteiger partial charge on any atom is -0.496 e. The number of furan rings is 1. The van der Waals surface area contributed by atoms with Crippen molar-refractivity contribution in [3.8, 4) is 28.6 Å². The SMILES string of the molecule is COc1cc(OC)c2c(c1Cl)O[C@@]1(C(=O)C3=C(C[C@H]1C)Nc1c(c(=O)n(C)c(=O)n1C)C3c1ccc(-c3ccc(C(C)=O)cc3)o1)C2=O. The lowest BCUT2D eigenvalue weighted by Gasteiger charge is -2.42. The van der Waals surface area contributed by atoms with Gasteiger partial charge in [-0.3, -0.25) is 28.3 Å². The molecule has 1 spiro atoms. The molecule has 246 valence electrons. The van der Waals surface area contributed by atoms with Crippen LogP contribution in [0.1, 0.15) is 58.2 Å². The zero-order valence-corrected chi connectivity index (χ0v) is 27.6. The normalized spacial score (nSPS) is 21.0. The molecular weight excluding hydrogens is 642 g/mol. The Bertz CT molecular complexity index is 2260. The maximum atomic E-state index is 15.0. The molecule has 12 nitrogen and oxygen atoms in total. The fourth-order valence-corrected chi connectivity index (χ4v) is 7.27. The Kier molecular flexibility index (Phi) is 7.06. The molecule has 3 atom stereocenters. The van der Waals surface area contributed by atoms with Crippen molar-refractivity contribution >= 4 is 34.8 Å². The second kappa shape index (κ2) is 10.8. The number of fused-ring (bicyclic) bond motifs is 2. The third-order valence-corrected chi connectivity index (χ3v) is 9.92. The standard InChI is InChI=1S/C35H30ClN3O9/c1-15-13-19-24(30(41)35(15)31(42)26-22(45-5)14-23(46-6)28(36)29(26)48-35)25(27-32(37-19)38(3)34(44)39(4)33(27)43)21-12-11-20(47-21)18-9-7-17(8-10-18)16(2)40/h7-12,14-15,25,37H,13H2,1-6H3/t15-,25?,35+/m1/s1. The summed E-state index contributed by atoms with van der Waals surface area (Å²) in [6.45, 7) is 3.19. The molecule has 0 amide bonds. The maximum absolute atomic E-state index is 15.0. The number of benzene rings is 2. The van der Waals surface area contributed by atoms with Crippen LogP contribution in [-0.4, -0.2) is 46.3 Å². The molecule has 2 aromatic heterocycles. The summed E-state index contributed by atoms with van der Waals surface area (Å²) in [6, 6.07) is 11.6. The van der Waals surface area contributed by atoms with E-state index in [2.05, 4.69) is 5.32 Å². The third kappa shape index (κ3) is 4.11. The molecule has 7 rings (SSSR count). The minimum atomic E-state index is -2.05. The number of nitrogens with one attached hydrogen (secondary N) is 1. The van der Waals surface area contributed by atoms with Crippen LogP contribution in [0.5, 0.6) is 17.2 Å². The minimum absolute atomic E-state index is 0.0114. The van der Waals surface area contributed by atoms with Crippen LogP contribution in [-0.2, 0) is 18.9 Å². The van der Waals surface area contributed by atoms with Crippen molar-refractivity contribution in [2.45, 2.75) is 31.8 Å². The molecule has 0 bridgehead atoms. The number of carbonyl (C=O) groups excluding carboxylic acids is 3. The summed E-state index contributed by atoms with van der Waals surface area (Å²) in [5, 5.41) is 3.20. The van der Waals surface area contributed by atoms with Gasteiger partial charge in [0.05, 0.1) is 25.7 Å². The molecule has 2 aliphatic heterocycles. The molecule has 0 saturated carbocycles. The topological polar surface area (TPSA) is 148 Å². The molecular formula is C35H30ClN3O9. The van der Waals surface area contributed by atoms with Crippen LogP contribution in [0.2, 0.25) is 5.02 Å². The van der Waals surface area contributed by atoms with Gasteiger partial charge in [-0.05, 0) is 25.5 Å². The first-order valence-electron chi connectivity index (χ1n) is 15.1. The summed E-state index contributed by atoms with van der Waals surface area (Å²) in [5.74, 6) is -2.10. The van der Waals surface area contributed by atoms with Crippen LogP contribution >= 0.6 is 11.6 Å². The van der Waals surface area contributed by atoms with Crippen LogP contribution in [0.15, 0.2) is 67.7 Å². The Morgan fingerprint density at radius 1 is 0.979 bits per heavy atom. The van der Waals surface area contributed by atoms with E-state index < -0.39 is 40.3 Å². The van der Waals surface area contributed by atoms with Gasteiger partial charge in [-0.15, -0.1) is 0 Å². The van der Waals surface area contributed by atoms with E-state index >= 15 is 4.79 Å². The van der Waals surface area contributed by atoms with Gasteiger partial charge in [0.2, 0.25) is 17.2 Å². The molecule has 4 aromatic rings. The van der Waals surface area contributed by atoms with Gasteiger partial charge in [0.15, 0.2) is 11.5 Å². The molecule has 13 heteroatoms. The van der Waals surface area contributed by atoms with Crippen molar-refractivity contribution < 1.29 is 33.0 Å². The summed E-state index contributed by atoms with van der Waals surface area (Å²) in [7, 11) is 5.67. The number of Topliss-reactive ketones (excluding diaryl/α,β-unsaturated/α-hetero) is 3. The van der Waals surface area contributed by atoms with Gasteiger partial charge in [0, 0.05) is 48.5 Å². The first-order valence-corrected chi connectivity index (χ1v) is 15.5. The summed E-state index contributed by atoms with van der Waals surface area (Å²) in [5.41, 5.74) is -1.46. The lowest BCUT2D eigenvalue weighted by atomic mass is 9.66. The summed E-state index contributed by atoms with van der Waals surface area (Å²) >= 11 is 6.63. The van der Waals surface area contributed by atoms with Gasteiger partial charge in [-0.2, -0.15) is 0 Å². The Morgan fingerprint density at radius 3 is 2.31 bits per heavy atom. The third-order valence-electron chi connectivity index (χ3n) is 9.56. The number of rotatable bonds is 5. The van der Waals surface area contributed by atoms with Crippen LogP contribution in [0.3, 0.4) is 0 Å². The Labute approximate surface area is 278 Å². The summed E-state index contributed by atoms with van der Waals surface area (Å²) in [6.07, 6.45) is 0.136. The fourth-order valence-electron chi connectivity index (χ4n) is 7.01. The number of hydrogen-bond acceptors (Lipinski definition) is 10. The maximum Gasteiger partial charge on any atom is 0.332 e. The van der Waals surface area contributed by atoms with E-state index in [0.29, 0.717) is 22.6 Å². The number of ether oxygens (including phenoxy) is 3. The number of halogens is 1. The number of carbonyl (C=O) groups is 3. The number of allylic oxidation sites excluding steroid dienone is 1. The van der Waals surface area contributed by atoms with E-state index in [9.17, 15) is 19.2 Å². The Morgan fingerprint density at radius 2 is 1.67 bits per heavy atom. The van der Waals surface area contributed by atoms with Gasteiger partial charge < -0.3 is 23.9 Å². The first kappa shape index (κ1) is 31.3. The molecule has 2 aromatic carbocycles. The largest absolute Gasteiger partial charge is 0.496 e. The number of ketones is 3. The van der Waals surface area contributed by atoms with Gasteiger partial charge in [0.25, 0.3) is 5.56 Å². The quantitative estimate of drug-likeness (QED) is 0.235. The number of anilines is 1. The van der Waals surface area contributed by atoms with Crippen molar-refractivity contribution in [3.63, 3.8) is 0 Å². The lowest BCUT2D eigenvalue weighted by Crippen LogP contribution is -2.58. The molecule has 48 heavy (non-hydrogen) atoms. The van der Waals surface area contributed by atoms with Crippen LogP contribution < -0.4 is 30.8 Å². The van der Waals surface area contributed by atoms with Gasteiger partial charge in [-0.1, -0.05) is 42.8 Å². The highest BCUT2D eigenvalue weighted by Crippen LogP contribution is 2.56. The van der Waals surface area contributed by atoms with Gasteiger partial charge >= 0.3 is 5.69 Å². The van der Waals surface area contributed by atoms with E-state index in [1.165, 1.54) is 45.9 Å². The van der Waals surface area contributed by atoms with Crippen LogP contribution in [0, 0.1) is 5.92 Å². The zero-order chi connectivity index (χ0) is 34.4. The monoisotopic (exact) mass is 671 g/mol. The second-order valence-electron chi connectivity index (χ2n) is 12.2. The summed E-state index contributed by atoms with van der Waals surface area (Å²) in [4.78, 5) is 68.3.